The second-order valence-electron chi connectivity index (χ2n) is 4.60. The Kier molecular flexibility index (Phi) is 6.68. The van der Waals surface area contributed by atoms with Crippen LogP contribution in [0.15, 0.2) is 24.3 Å². The number of rotatable bonds is 0. The maximum Gasteiger partial charge on any atom is 0.330 e. The van der Waals surface area contributed by atoms with Crippen LogP contribution < -0.4 is 0 Å². The summed E-state index contributed by atoms with van der Waals surface area (Å²) in [4.78, 5) is 11.4. The molecular weight excluding hydrogens is 232 g/mol. The number of carbonyl (C=O) groups is 1. The quantitative estimate of drug-likeness (QED) is 0.530. The summed E-state index contributed by atoms with van der Waals surface area (Å²) in [7, 11) is 0. The third-order valence-corrected chi connectivity index (χ3v) is 2.74. The molecule has 0 aliphatic carbocycles. The number of hydrogen-bond donors (Lipinski definition) is 1. The van der Waals surface area contributed by atoms with Gasteiger partial charge in [0.05, 0.1) is 24.9 Å². The summed E-state index contributed by atoms with van der Waals surface area (Å²) in [5, 5.41) is 9.67. The highest BCUT2D eigenvalue weighted by Gasteiger charge is 2.10. The summed E-state index contributed by atoms with van der Waals surface area (Å²) in [6, 6.07) is 0. The van der Waals surface area contributed by atoms with Crippen LogP contribution in [0.2, 0.25) is 0 Å². The molecule has 3 atom stereocenters. The molecule has 0 saturated heterocycles. The molecule has 0 aromatic rings. The topological polar surface area (TPSA) is 55.8 Å². The largest absolute Gasteiger partial charge is 0.460 e. The monoisotopic (exact) mass is 254 g/mol. The van der Waals surface area contributed by atoms with Crippen molar-refractivity contribution in [3.63, 3.8) is 0 Å². The summed E-state index contributed by atoms with van der Waals surface area (Å²) >= 11 is 0. The SMILES string of the molecule is CC1CC=CC(=O)OC(C)CCC(O)C=CCO1. The molecule has 4 heteroatoms. The van der Waals surface area contributed by atoms with Crippen molar-refractivity contribution in [2.45, 2.75) is 51.4 Å². The van der Waals surface area contributed by atoms with Crippen molar-refractivity contribution in [2.75, 3.05) is 6.61 Å². The highest BCUT2D eigenvalue weighted by atomic mass is 16.5. The Morgan fingerprint density at radius 3 is 2.78 bits per heavy atom. The van der Waals surface area contributed by atoms with E-state index in [-0.39, 0.29) is 18.2 Å². The average Bonchev–Trinajstić information content (AvgIpc) is 2.31. The van der Waals surface area contributed by atoms with Crippen molar-refractivity contribution < 1.29 is 19.4 Å². The molecule has 0 fully saturated rings. The number of carbonyl (C=O) groups excluding carboxylic acids is 1. The first-order chi connectivity index (χ1) is 8.58. The Bertz CT molecular complexity index is 309. The van der Waals surface area contributed by atoms with E-state index >= 15 is 0 Å². The number of ether oxygens (including phenoxy) is 2. The van der Waals surface area contributed by atoms with E-state index in [0.717, 1.165) is 0 Å². The molecule has 0 radical (unpaired) electrons. The van der Waals surface area contributed by atoms with Gasteiger partial charge in [-0.05, 0) is 33.1 Å². The molecule has 102 valence electrons. The Labute approximate surface area is 108 Å². The average molecular weight is 254 g/mol. The number of aliphatic hydroxyl groups excluding tert-OH is 1. The maximum absolute atomic E-state index is 11.4. The van der Waals surface area contributed by atoms with Gasteiger partial charge in [-0.1, -0.05) is 18.2 Å². The molecule has 0 bridgehead atoms. The summed E-state index contributed by atoms with van der Waals surface area (Å²) in [5.74, 6) is -0.336. The molecule has 1 heterocycles. The van der Waals surface area contributed by atoms with E-state index in [2.05, 4.69) is 0 Å². The normalized spacial score (nSPS) is 31.7. The van der Waals surface area contributed by atoms with Crippen LogP contribution >= 0.6 is 0 Å². The molecular formula is C14H22O4. The van der Waals surface area contributed by atoms with Gasteiger partial charge in [-0.15, -0.1) is 0 Å². The van der Waals surface area contributed by atoms with Gasteiger partial charge in [-0.2, -0.15) is 0 Å². The van der Waals surface area contributed by atoms with Crippen LogP contribution in [-0.2, 0) is 14.3 Å². The predicted molar refractivity (Wildman–Crippen MR) is 69.1 cm³/mol. The third kappa shape index (κ3) is 6.57. The first-order valence-electron chi connectivity index (χ1n) is 6.41. The Morgan fingerprint density at radius 2 is 2.00 bits per heavy atom. The molecule has 1 aliphatic heterocycles. The summed E-state index contributed by atoms with van der Waals surface area (Å²) in [5.41, 5.74) is 0. The van der Waals surface area contributed by atoms with Crippen molar-refractivity contribution >= 4 is 5.97 Å². The molecule has 0 aromatic heterocycles. The second kappa shape index (κ2) is 8.06. The molecule has 0 saturated carbocycles. The van der Waals surface area contributed by atoms with Gasteiger partial charge in [-0.3, -0.25) is 0 Å². The van der Waals surface area contributed by atoms with Crippen LogP contribution in [0, 0.1) is 0 Å². The third-order valence-electron chi connectivity index (χ3n) is 2.74. The van der Waals surface area contributed by atoms with E-state index in [0.29, 0.717) is 25.9 Å². The minimum atomic E-state index is -0.511. The Hall–Kier alpha value is -1.13. The standard InChI is InChI=1S/C14H22O4/c1-11-5-3-7-14(16)18-12(2)8-9-13(15)6-4-10-17-11/h3-4,6-7,11-13,15H,5,8-10H2,1-2H3. The Morgan fingerprint density at radius 1 is 1.22 bits per heavy atom. The molecule has 0 spiro atoms. The van der Waals surface area contributed by atoms with Crippen LogP contribution in [0.1, 0.15) is 33.1 Å². The van der Waals surface area contributed by atoms with Gasteiger partial charge in [0.25, 0.3) is 0 Å². The fourth-order valence-electron chi connectivity index (χ4n) is 1.65. The van der Waals surface area contributed by atoms with Gasteiger partial charge in [0.15, 0.2) is 0 Å². The van der Waals surface area contributed by atoms with Gasteiger partial charge in [0.2, 0.25) is 0 Å². The number of esters is 1. The van der Waals surface area contributed by atoms with Crippen LogP contribution in [0.25, 0.3) is 0 Å². The number of cyclic esters (lactones) is 1. The van der Waals surface area contributed by atoms with Gasteiger partial charge in [-0.25, -0.2) is 4.79 Å². The van der Waals surface area contributed by atoms with Crippen LogP contribution in [0.3, 0.4) is 0 Å². The Balaban J connectivity index is 2.57. The van der Waals surface area contributed by atoms with E-state index in [9.17, 15) is 9.90 Å². The smallest absolute Gasteiger partial charge is 0.330 e. The van der Waals surface area contributed by atoms with E-state index in [1.807, 2.05) is 19.9 Å². The second-order valence-corrected chi connectivity index (χ2v) is 4.60. The lowest BCUT2D eigenvalue weighted by atomic mass is 10.1. The van der Waals surface area contributed by atoms with Crippen LogP contribution in [0.5, 0.6) is 0 Å². The molecule has 1 N–H and O–H groups in total. The highest BCUT2D eigenvalue weighted by molar-refractivity contribution is 5.82. The van der Waals surface area contributed by atoms with Crippen molar-refractivity contribution in [1.29, 1.82) is 0 Å². The van der Waals surface area contributed by atoms with Crippen molar-refractivity contribution in [3.8, 4) is 0 Å². The van der Waals surface area contributed by atoms with Crippen LogP contribution in [0.4, 0.5) is 0 Å². The summed E-state index contributed by atoms with van der Waals surface area (Å²) < 4.78 is 10.7. The van der Waals surface area contributed by atoms with Crippen molar-refractivity contribution in [2.24, 2.45) is 0 Å². The van der Waals surface area contributed by atoms with E-state index in [1.165, 1.54) is 6.08 Å². The van der Waals surface area contributed by atoms with E-state index in [1.54, 1.807) is 12.2 Å². The molecule has 0 aromatic carbocycles. The first-order valence-corrected chi connectivity index (χ1v) is 6.41. The number of hydrogen-bond acceptors (Lipinski definition) is 4. The van der Waals surface area contributed by atoms with Gasteiger partial charge >= 0.3 is 5.97 Å². The first kappa shape index (κ1) is 14.9. The number of aliphatic hydroxyl groups is 1. The molecule has 18 heavy (non-hydrogen) atoms. The van der Waals surface area contributed by atoms with E-state index < -0.39 is 6.10 Å². The van der Waals surface area contributed by atoms with Gasteiger partial charge in [0, 0.05) is 6.08 Å². The highest BCUT2D eigenvalue weighted by Crippen LogP contribution is 2.08. The zero-order valence-electron chi connectivity index (χ0n) is 11.0. The lowest BCUT2D eigenvalue weighted by Crippen LogP contribution is -2.16. The van der Waals surface area contributed by atoms with Crippen molar-refractivity contribution in [3.05, 3.63) is 24.3 Å². The fourth-order valence-corrected chi connectivity index (χ4v) is 1.65. The summed E-state index contributed by atoms with van der Waals surface area (Å²) in [6.45, 7) is 4.25. The van der Waals surface area contributed by atoms with Gasteiger partial charge in [0.1, 0.15) is 0 Å². The predicted octanol–water partition coefficient (Wildman–Crippen LogP) is 1.98. The molecule has 1 rings (SSSR count). The van der Waals surface area contributed by atoms with E-state index in [4.69, 9.17) is 9.47 Å². The van der Waals surface area contributed by atoms with Crippen LogP contribution in [-0.4, -0.2) is 36.0 Å². The molecule has 3 unspecified atom stereocenters. The van der Waals surface area contributed by atoms with Gasteiger partial charge < -0.3 is 14.6 Å². The lowest BCUT2D eigenvalue weighted by Gasteiger charge is -2.14. The van der Waals surface area contributed by atoms with Crippen molar-refractivity contribution in [1.82, 2.24) is 0 Å². The molecule has 0 amide bonds. The minimum Gasteiger partial charge on any atom is -0.460 e. The maximum atomic E-state index is 11.4. The summed E-state index contributed by atoms with van der Waals surface area (Å²) in [6.07, 6.45) is 7.99. The molecule has 4 nitrogen and oxygen atoms in total. The zero-order valence-corrected chi connectivity index (χ0v) is 11.0. The zero-order chi connectivity index (χ0) is 13.4. The minimum absolute atomic E-state index is 0.0382. The lowest BCUT2D eigenvalue weighted by molar-refractivity contribution is -0.142. The molecule has 1 aliphatic rings. The fraction of sp³-hybridized carbons (Fsp3) is 0.643.